The third kappa shape index (κ3) is 3.13. The minimum absolute atomic E-state index is 0.235. The highest BCUT2D eigenvalue weighted by molar-refractivity contribution is 5.24. The van der Waals surface area contributed by atoms with Gasteiger partial charge in [-0.1, -0.05) is 29.8 Å². The number of aryl methyl sites for hydroxylation is 1. The molecular weight excluding hydrogens is 174 g/mol. The highest BCUT2D eigenvalue weighted by atomic mass is 16.3. The molecule has 2 nitrogen and oxygen atoms in total. The lowest BCUT2D eigenvalue weighted by Gasteiger charge is -2.15. The number of hydrogen-bond acceptors (Lipinski definition) is 2. The summed E-state index contributed by atoms with van der Waals surface area (Å²) in [6.07, 6.45) is 1.75. The monoisotopic (exact) mass is 193 g/mol. The summed E-state index contributed by atoms with van der Waals surface area (Å²) < 4.78 is 0. The van der Waals surface area contributed by atoms with E-state index in [9.17, 15) is 0 Å². The molecule has 3 N–H and O–H groups in total. The number of hydrogen-bond donors (Lipinski definition) is 2. The van der Waals surface area contributed by atoms with E-state index in [1.54, 1.807) is 0 Å². The lowest BCUT2D eigenvalue weighted by atomic mass is 9.92. The van der Waals surface area contributed by atoms with Crippen LogP contribution in [0.2, 0.25) is 0 Å². The number of nitrogens with two attached hydrogens (primary N) is 1. The van der Waals surface area contributed by atoms with Crippen molar-refractivity contribution in [3.63, 3.8) is 0 Å². The predicted octanol–water partition coefficient (Wildman–Crippen LogP) is 1.81. The van der Waals surface area contributed by atoms with Crippen LogP contribution in [0, 0.1) is 6.92 Å². The second-order valence-corrected chi connectivity index (χ2v) is 3.70. The molecule has 1 aromatic rings. The fourth-order valence-electron chi connectivity index (χ4n) is 1.67. The van der Waals surface area contributed by atoms with Crippen LogP contribution >= 0.6 is 0 Å². The Morgan fingerprint density at radius 3 is 2.36 bits per heavy atom. The molecule has 0 aliphatic heterocycles. The summed E-state index contributed by atoms with van der Waals surface area (Å²) in [6.45, 7) is 2.99. The van der Waals surface area contributed by atoms with Crippen LogP contribution in [0.1, 0.15) is 29.9 Å². The second-order valence-electron chi connectivity index (χ2n) is 3.70. The maximum atomic E-state index is 8.94. The fourth-order valence-corrected chi connectivity index (χ4v) is 1.67. The summed E-state index contributed by atoms with van der Waals surface area (Å²) >= 11 is 0. The zero-order valence-corrected chi connectivity index (χ0v) is 8.74. The SMILES string of the molecule is Cc1ccc([C@@H](CCN)CCO)cc1. The van der Waals surface area contributed by atoms with Crippen LogP contribution in [0.15, 0.2) is 24.3 Å². The van der Waals surface area contributed by atoms with Crippen LogP contribution in [0.5, 0.6) is 0 Å². The first-order valence-electron chi connectivity index (χ1n) is 5.15. The zero-order valence-electron chi connectivity index (χ0n) is 8.74. The molecule has 1 atom stereocenters. The van der Waals surface area contributed by atoms with Gasteiger partial charge in [0.25, 0.3) is 0 Å². The van der Waals surface area contributed by atoms with E-state index < -0.39 is 0 Å². The first-order valence-corrected chi connectivity index (χ1v) is 5.15. The Labute approximate surface area is 85.8 Å². The average molecular weight is 193 g/mol. The Morgan fingerprint density at radius 1 is 1.21 bits per heavy atom. The Balaban J connectivity index is 2.71. The molecule has 0 aliphatic carbocycles. The third-order valence-electron chi connectivity index (χ3n) is 2.54. The van der Waals surface area contributed by atoms with Gasteiger partial charge in [0.05, 0.1) is 0 Å². The number of rotatable bonds is 5. The van der Waals surface area contributed by atoms with Gasteiger partial charge in [-0.3, -0.25) is 0 Å². The van der Waals surface area contributed by atoms with E-state index in [4.69, 9.17) is 10.8 Å². The highest BCUT2D eigenvalue weighted by Gasteiger charge is 2.09. The molecule has 0 unspecified atom stereocenters. The van der Waals surface area contributed by atoms with Gasteiger partial charge in [-0.25, -0.2) is 0 Å². The average Bonchev–Trinajstić information content (AvgIpc) is 2.19. The number of aliphatic hydroxyl groups is 1. The summed E-state index contributed by atoms with van der Waals surface area (Å²) in [5.74, 6) is 0.408. The first-order chi connectivity index (χ1) is 6.77. The van der Waals surface area contributed by atoms with Gasteiger partial charge in [-0.15, -0.1) is 0 Å². The molecule has 0 saturated heterocycles. The lowest BCUT2D eigenvalue weighted by molar-refractivity contribution is 0.273. The van der Waals surface area contributed by atoms with Crippen LogP contribution in [0.25, 0.3) is 0 Å². The molecule has 78 valence electrons. The minimum atomic E-state index is 0.235. The van der Waals surface area contributed by atoms with Gasteiger partial charge in [0.15, 0.2) is 0 Å². The highest BCUT2D eigenvalue weighted by Crippen LogP contribution is 2.22. The van der Waals surface area contributed by atoms with Gasteiger partial charge in [0.1, 0.15) is 0 Å². The summed E-state index contributed by atoms with van der Waals surface area (Å²) in [6, 6.07) is 8.48. The molecule has 0 aromatic heterocycles. The van der Waals surface area contributed by atoms with Gasteiger partial charge in [0.2, 0.25) is 0 Å². The van der Waals surface area contributed by atoms with Crippen LogP contribution in [-0.4, -0.2) is 18.3 Å². The van der Waals surface area contributed by atoms with E-state index in [0.29, 0.717) is 12.5 Å². The van der Waals surface area contributed by atoms with Crippen molar-refractivity contribution in [1.29, 1.82) is 0 Å². The molecule has 14 heavy (non-hydrogen) atoms. The predicted molar refractivity (Wildman–Crippen MR) is 59.3 cm³/mol. The molecule has 0 radical (unpaired) electrons. The van der Waals surface area contributed by atoms with E-state index >= 15 is 0 Å². The molecule has 1 aromatic carbocycles. The Bertz CT molecular complexity index is 250. The largest absolute Gasteiger partial charge is 0.396 e. The number of benzene rings is 1. The Morgan fingerprint density at radius 2 is 1.86 bits per heavy atom. The van der Waals surface area contributed by atoms with Crippen molar-refractivity contribution in [1.82, 2.24) is 0 Å². The molecule has 0 fully saturated rings. The molecule has 1 rings (SSSR count). The van der Waals surface area contributed by atoms with Crippen molar-refractivity contribution in [2.75, 3.05) is 13.2 Å². The summed E-state index contributed by atoms with van der Waals surface area (Å²) in [5, 5.41) is 8.94. The normalized spacial score (nSPS) is 12.8. The summed E-state index contributed by atoms with van der Waals surface area (Å²) in [5.41, 5.74) is 8.10. The molecule has 0 spiro atoms. The minimum Gasteiger partial charge on any atom is -0.396 e. The molecule has 0 amide bonds. The van der Waals surface area contributed by atoms with Crippen LogP contribution < -0.4 is 5.73 Å². The van der Waals surface area contributed by atoms with Gasteiger partial charge in [0, 0.05) is 6.61 Å². The maximum Gasteiger partial charge on any atom is 0.0436 e. The second kappa shape index (κ2) is 5.78. The Kier molecular flexibility index (Phi) is 4.63. The topological polar surface area (TPSA) is 46.2 Å². The first kappa shape index (κ1) is 11.2. The van der Waals surface area contributed by atoms with Crippen molar-refractivity contribution in [3.05, 3.63) is 35.4 Å². The molecule has 2 heteroatoms. The van der Waals surface area contributed by atoms with Crippen molar-refractivity contribution in [3.8, 4) is 0 Å². The molecule has 0 bridgehead atoms. The van der Waals surface area contributed by atoms with Gasteiger partial charge in [-0.05, 0) is 37.8 Å². The quantitative estimate of drug-likeness (QED) is 0.749. The van der Waals surface area contributed by atoms with E-state index in [-0.39, 0.29) is 6.61 Å². The van der Waals surface area contributed by atoms with Crippen molar-refractivity contribution < 1.29 is 5.11 Å². The standard InChI is InChI=1S/C12H19NO/c1-10-2-4-11(5-3-10)12(6-8-13)7-9-14/h2-5,12,14H,6-9,13H2,1H3/t12-/m0/s1. The molecule has 0 saturated carbocycles. The van der Waals surface area contributed by atoms with Crippen LogP contribution in [-0.2, 0) is 0 Å². The Hall–Kier alpha value is -0.860. The van der Waals surface area contributed by atoms with E-state index in [1.807, 2.05) is 0 Å². The molecule has 0 aliphatic rings. The third-order valence-corrected chi connectivity index (χ3v) is 2.54. The van der Waals surface area contributed by atoms with Crippen molar-refractivity contribution in [2.45, 2.75) is 25.7 Å². The van der Waals surface area contributed by atoms with Crippen molar-refractivity contribution in [2.24, 2.45) is 5.73 Å². The van der Waals surface area contributed by atoms with Crippen LogP contribution in [0.3, 0.4) is 0 Å². The van der Waals surface area contributed by atoms with Crippen molar-refractivity contribution >= 4 is 0 Å². The van der Waals surface area contributed by atoms with E-state index in [0.717, 1.165) is 12.8 Å². The zero-order chi connectivity index (χ0) is 10.4. The van der Waals surface area contributed by atoms with E-state index in [2.05, 4.69) is 31.2 Å². The molecular formula is C12H19NO. The summed E-state index contributed by atoms with van der Waals surface area (Å²) in [7, 11) is 0. The number of aliphatic hydroxyl groups excluding tert-OH is 1. The lowest BCUT2D eigenvalue weighted by Crippen LogP contribution is -2.09. The van der Waals surface area contributed by atoms with Gasteiger partial charge < -0.3 is 10.8 Å². The summed E-state index contributed by atoms with van der Waals surface area (Å²) in [4.78, 5) is 0. The molecule has 0 heterocycles. The smallest absolute Gasteiger partial charge is 0.0436 e. The van der Waals surface area contributed by atoms with E-state index in [1.165, 1.54) is 11.1 Å². The van der Waals surface area contributed by atoms with Gasteiger partial charge >= 0.3 is 0 Å². The van der Waals surface area contributed by atoms with Gasteiger partial charge in [-0.2, -0.15) is 0 Å². The fraction of sp³-hybridized carbons (Fsp3) is 0.500. The maximum absolute atomic E-state index is 8.94. The van der Waals surface area contributed by atoms with Crippen LogP contribution in [0.4, 0.5) is 0 Å².